The summed E-state index contributed by atoms with van der Waals surface area (Å²) in [7, 11) is -3.56. The van der Waals surface area contributed by atoms with Crippen LogP contribution in [0.25, 0.3) is 11.0 Å². The van der Waals surface area contributed by atoms with Crippen LogP contribution >= 0.6 is 0 Å². The lowest BCUT2D eigenvalue weighted by atomic mass is 10.2. The number of fused-ring (bicyclic) bond motifs is 1. The summed E-state index contributed by atoms with van der Waals surface area (Å²) in [6, 6.07) is 9.05. The van der Waals surface area contributed by atoms with Gasteiger partial charge in [-0.3, -0.25) is 9.52 Å². The van der Waals surface area contributed by atoms with E-state index in [1.165, 1.54) is 29.1 Å². The molecule has 148 valence electrons. The van der Waals surface area contributed by atoms with E-state index in [1.807, 2.05) is 0 Å². The van der Waals surface area contributed by atoms with Gasteiger partial charge in [-0.1, -0.05) is 12.1 Å². The summed E-state index contributed by atoms with van der Waals surface area (Å²) in [5.41, 5.74) is 0.203. The van der Waals surface area contributed by atoms with Crippen molar-refractivity contribution >= 4 is 38.3 Å². The molecular weight excluding hydrogens is 397 g/mol. The summed E-state index contributed by atoms with van der Waals surface area (Å²) in [5, 5.41) is 2.40. The van der Waals surface area contributed by atoms with Gasteiger partial charge in [-0.25, -0.2) is 13.4 Å². The largest absolute Gasteiger partial charge is 0.416 e. The number of aromatic nitrogens is 2. The standard InChI is InChI=1S/C17H15F3N4O3S/c1-28(26,27)23-14-7-3-6-13-16(14)24(10-21-13)9-15(25)22-12-5-2-4-11(8-12)17(18,19)20/h2-8,10,23H,9H2,1H3,(H,22,25). The molecule has 0 saturated carbocycles. The number of carbonyl (C=O) groups excluding carboxylic acids is 1. The zero-order chi connectivity index (χ0) is 20.5. The minimum Gasteiger partial charge on any atom is -0.325 e. The fourth-order valence-corrected chi connectivity index (χ4v) is 3.22. The molecule has 0 radical (unpaired) electrons. The van der Waals surface area contributed by atoms with E-state index in [1.54, 1.807) is 12.1 Å². The van der Waals surface area contributed by atoms with Crippen molar-refractivity contribution in [2.75, 3.05) is 16.3 Å². The second-order valence-electron chi connectivity index (χ2n) is 6.05. The van der Waals surface area contributed by atoms with Crippen LogP contribution < -0.4 is 10.0 Å². The molecule has 3 aromatic rings. The van der Waals surface area contributed by atoms with E-state index >= 15 is 0 Å². The second kappa shape index (κ2) is 7.15. The van der Waals surface area contributed by atoms with Crippen molar-refractivity contribution in [1.82, 2.24) is 9.55 Å². The third-order valence-corrected chi connectivity index (χ3v) is 4.31. The fourth-order valence-electron chi connectivity index (χ4n) is 2.66. The van der Waals surface area contributed by atoms with Gasteiger partial charge in [0.15, 0.2) is 0 Å². The average Bonchev–Trinajstić information content (AvgIpc) is 2.97. The zero-order valence-electron chi connectivity index (χ0n) is 14.5. The first-order valence-corrected chi connectivity index (χ1v) is 9.81. The molecular formula is C17H15F3N4O3S. The Balaban J connectivity index is 1.84. The van der Waals surface area contributed by atoms with E-state index < -0.39 is 27.7 Å². The number of sulfonamides is 1. The molecule has 1 heterocycles. The lowest BCUT2D eigenvalue weighted by Crippen LogP contribution is -2.19. The Hall–Kier alpha value is -3.08. The number of carbonyl (C=O) groups is 1. The number of hydrogen-bond donors (Lipinski definition) is 2. The highest BCUT2D eigenvalue weighted by atomic mass is 32.2. The molecule has 1 amide bonds. The van der Waals surface area contributed by atoms with E-state index in [0.717, 1.165) is 18.4 Å². The van der Waals surface area contributed by atoms with Gasteiger partial charge in [0, 0.05) is 5.69 Å². The predicted octanol–water partition coefficient (Wildman–Crippen LogP) is 3.07. The first-order valence-electron chi connectivity index (χ1n) is 7.92. The van der Waals surface area contributed by atoms with Crippen molar-refractivity contribution in [2.45, 2.75) is 12.7 Å². The van der Waals surface area contributed by atoms with Crippen LogP contribution in [0.3, 0.4) is 0 Å². The van der Waals surface area contributed by atoms with Crippen molar-refractivity contribution in [1.29, 1.82) is 0 Å². The molecule has 3 rings (SSSR count). The number of halogens is 3. The molecule has 28 heavy (non-hydrogen) atoms. The second-order valence-corrected chi connectivity index (χ2v) is 7.80. The molecule has 0 spiro atoms. The highest BCUT2D eigenvalue weighted by molar-refractivity contribution is 7.92. The van der Waals surface area contributed by atoms with Crippen molar-refractivity contribution in [3.63, 3.8) is 0 Å². The van der Waals surface area contributed by atoms with Gasteiger partial charge in [-0.2, -0.15) is 13.2 Å². The molecule has 7 nitrogen and oxygen atoms in total. The number of nitrogens with one attached hydrogen (secondary N) is 2. The van der Waals surface area contributed by atoms with Crippen molar-refractivity contribution < 1.29 is 26.4 Å². The van der Waals surface area contributed by atoms with Crippen LogP contribution in [0.4, 0.5) is 24.5 Å². The van der Waals surface area contributed by atoms with Crippen LogP contribution in [0.2, 0.25) is 0 Å². The van der Waals surface area contributed by atoms with Crippen LogP contribution in [-0.4, -0.2) is 30.1 Å². The number of amides is 1. The maximum Gasteiger partial charge on any atom is 0.416 e. The third-order valence-electron chi connectivity index (χ3n) is 3.72. The number of para-hydroxylation sites is 1. The summed E-state index contributed by atoms with van der Waals surface area (Å²) in [4.78, 5) is 16.4. The highest BCUT2D eigenvalue weighted by Crippen LogP contribution is 2.30. The number of alkyl halides is 3. The van der Waals surface area contributed by atoms with Gasteiger partial charge in [0.25, 0.3) is 0 Å². The molecule has 0 bridgehead atoms. The van der Waals surface area contributed by atoms with Crippen molar-refractivity contribution in [3.8, 4) is 0 Å². The molecule has 0 aliphatic carbocycles. The number of benzene rings is 2. The molecule has 0 atom stereocenters. The minimum absolute atomic E-state index is 0.00118. The Kier molecular flexibility index (Phi) is 5.02. The number of anilines is 2. The summed E-state index contributed by atoms with van der Waals surface area (Å²) in [6.07, 6.45) is -2.18. The Labute approximate surface area is 158 Å². The Bertz CT molecular complexity index is 1140. The topological polar surface area (TPSA) is 93.1 Å². The van der Waals surface area contributed by atoms with Crippen LogP contribution in [0.5, 0.6) is 0 Å². The maximum absolute atomic E-state index is 12.8. The van der Waals surface area contributed by atoms with E-state index in [0.29, 0.717) is 11.0 Å². The maximum atomic E-state index is 12.8. The summed E-state index contributed by atoms with van der Waals surface area (Å²) < 4.78 is 65.2. The van der Waals surface area contributed by atoms with Crippen LogP contribution in [0, 0.1) is 0 Å². The number of hydrogen-bond acceptors (Lipinski definition) is 4. The molecule has 0 saturated heterocycles. The predicted molar refractivity (Wildman–Crippen MR) is 98.3 cm³/mol. The SMILES string of the molecule is CS(=O)(=O)Nc1cccc2ncn(CC(=O)Nc3cccc(C(F)(F)F)c3)c12. The summed E-state index contributed by atoms with van der Waals surface area (Å²) in [6.45, 7) is -0.269. The Morgan fingerprint density at radius 3 is 2.57 bits per heavy atom. The van der Waals surface area contributed by atoms with Gasteiger partial charge in [0.05, 0.1) is 34.9 Å². The van der Waals surface area contributed by atoms with Crippen molar-refractivity contribution in [3.05, 3.63) is 54.4 Å². The van der Waals surface area contributed by atoms with E-state index in [2.05, 4.69) is 15.0 Å². The quantitative estimate of drug-likeness (QED) is 0.674. The van der Waals surface area contributed by atoms with Crippen LogP contribution in [-0.2, 0) is 27.5 Å². The molecule has 1 aromatic heterocycles. The van der Waals surface area contributed by atoms with Gasteiger partial charge in [0.2, 0.25) is 15.9 Å². The molecule has 0 aliphatic heterocycles. The lowest BCUT2D eigenvalue weighted by molar-refractivity contribution is -0.137. The monoisotopic (exact) mass is 412 g/mol. The molecule has 11 heteroatoms. The average molecular weight is 412 g/mol. The normalized spacial score (nSPS) is 12.1. The molecule has 0 aliphatic rings. The zero-order valence-corrected chi connectivity index (χ0v) is 15.3. The molecule has 2 N–H and O–H groups in total. The van der Waals surface area contributed by atoms with Crippen molar-refractivity contribution in [2.24, 2.45) is 0 Å². The number of nitrogens with zero attached hydrogens (tertiary/aromatic N) is 2. The summed E-state index contributed by atoms with van der Waals surface area (Å²) in [5.74, 6) is -0.590. The summed E-state index contributed by atoms with van der Waals surface area (Å²) >= 11 is 0. The number of rotatable bonds is 5. The first kappa shape index (κ1) is 19.7. The lowest BCUT2D eigenvalue weighted by Gasteiger charge is -2.12. The van der Waals surface area contributed by atoms with Crippen LogP contribution in [0.1, 0.15) is 5.56 Å². The molecule has 2 aromatic carbocycles. The van der Waals surface area contributed by atoms with Gasteiger partial charge in [-0.15, -0.1) is 0 Å². The van der Waals surface area contributed by atoms with E-state index in [4.69, 9.17) is 0 Å². The number of imidazole rings is 1. The van der Waals surface area contributed by atoms with Gasteiger partial charge >= 0.3 is 6.18 Å². The van der Waals surface area contributed by atoms with E-state index in [-0.39, 0.29) is 17.9 Å². The fraction of sp³-hybridized carbons (Fsp3) is 0.176. The third kappa shape index (κ3) is 4.60. The Morgan fingerprint density at radius 2 is 1.89 bits per heavy atom. The van der Waals surface area contributed by atoms with Gasteiger partial charge in [0.1, 0.15) is 6.54 Å². The first-order chi connectivity index (χ1) is 13.0. The molecule has 0 unspecified atom stereocenters. The van der Waals surface area contributed by atoms with Gasteiger partial charge in [-0.05, 0) is 30.3 Å². The smallest absolute Gasteiger partial charge is 0.325 e. The van der Waals surface area contributed by atoms with E-state index in [9.17, 15) is 26.4 Å². The highest BCUT2D eigenvalue weighted by Gasteiger charge is 2.30. The van der Waals surface area contributed by atoms with Crippen LogP contribution in [0.15, 0.2) is 48.8 Å². The minimum atomic E-state index is -4.52. The molecule has 0 fully saturated rings. The van der Waals surface area contributed by atoms with Gasteiger partial charge < -0.3 is 9.88 Å². The Morgan fingerprint density at radius 1 is 1.18 bits per heavy atom.